The number of carbonyl (C=O) groups is 1. The van der Waals surface area contributed by atoms with E-state index in [1.165, 1.54) is 28.8 Å². The van der Waals surface area contributed by atoms with E-state index in [2.05, 4.69) is 6.07 Å². The number of halogens is 1. The van der Waals surface area contributed by atoms with Gasteiger partial charge in [-0.15, -0.1) is 11.3 Å². The lowest BCUT2D eigenvalue weighted by molar-refractivity contribution is 0.104. The largest absolute Gasteiger partial charge is 0.289 e. The van der Waals surface area contributed by atoms with Gasteiger partial charge in [0.15, 0.2) is 5.78 Å². The number of hydrogen-bond donors (Lipinski definition) is 0. The molecule has 4 rings (SSSR count). The Morgan fingerprint density at radius 2 is 1.86 bits per heavy atom. The molecule has 0 aliphatic rings. The van der Waals surface area contributed by atoms with E-state index in [9.17, 15) is 19.2 Å². The SMILES string of the molecule is Cc1cc(C(=O)c2c(C#N)sc3c2ccc(=O)n3-c2ccccc2)ccc1F. The molecule has 6 heteroatoms. The predicted octanol–water partition coefficient (Wildman–Crippen LogP) is 4.60. The van der Waals surface area contributed by atoms with Crippen LogP contribution in [0.3, 0.4) is 0 Å². The van der Waals surface area contributed by atoms with Gasteiger partial charge in [0, 0.05) is 17.0 Å². The molecule has 2 heterocycles. The van der Waals surface area contributed by atoms with Crippen LogP contribution in [0, 0.1) is 24.1 Å². The molecule has 0 N–H and O–H groups in total. The van der Waals surface area contributed by atoms with E-state index >= 15 is 0 Å². The highest BCUT2D eigenvalue weighted by atomic mass is 32.1. The molecule has 0 saturated carbocycles. The topological polar surface area (TPSA) is 62.9 Å². The molecule has 0 bridgehead atoms. The van der Waals surface area contributed by atoms with Crippen molar-refractivity contribution in [1.29, 1.82) is 5.26 Å². The maximum Gasteiger partial charge on any atom is 0.256 e. The van der Waals surface area contributed by atoms with Gasteiger partial charge in [-0.2, -0.15) is 5.26 Å². The van der Waals surface area contributed by atoms with E-state index < -0.39 is 5.82 Å². The molecule has 0 unspecified atom stereocenters. The molecule has 136 valence electrons. The third-order valence-corrected chi connectivity index (χ3v) is 5.60. The normalized spacial score (nSPS) is 10.8. The summed E-state index contributed by atoms with van der Waals surface area (Å²) < 4.78 is 15.1. The van der Waals surface area contributed by atoms with Crippen LogP contribution in [0.4, 0.5) is 4.39 Å². The highest BCUT2D eigenvalue weighted by Crippen LogP contribution is 2.33. The highest BCUT2D eigenvalue weighted by molar-refractivity contribution is 7.19. The first-order valence-electron chi connectivity index (χ1n) is 8.46. The first kappa shape index (κ1) is 17.8. The Morgan fingerprint density at radius 1 is 1.11 bits per heavy atom. The van der Waals surface area contributed by atoms with Crippen molar-refractivity contribution in [2.75, 3.05) is 0 Å². The van der Waals surface area contributed by atoms with Crippen LogP contribution in [0.15, 0.2) is 65.5 Å². The zero-order valence-corrected chi connectivity index (χ0v) is 15.6. The number of pyridine rings is 1. The summed E-state index contributed by atoms with van der Waals surface area (Å²) in [6.07, 6.45) is 0. The van der Waals surface area contributed by atoms with Crippen molar-refractivity contribution in [1.82, 2.24) is 4.57 Å². The first-order valence-corrected chi connectivity index (χ1v) is 9.28. The first-order chi connectivity index (χ1) is 13.5. The van der Waals surface area contributed by atoms with Gasteiger partial charge in [-0.25, -0.2) is 4.39 Å². The number of nitrogens with zero attached hydrogens (tertiary/aromatic N) is 2. The third-order valence-electron chi connectivity index (χ3n) is 4.50. The van der Waals surface area contributed by atoms with Gasteiger partial charge in [0.25, 0.3) is 5.56 Å². The van der Waals surface area contributed by atoms with Gasteiger partial charge >= 0.3 is 0 Å². The molecular weight excluding hydrogens is 375 g/mol. The molecule has 2 aromatic heterocycles. The van der Waals surface area contributed by atoms with E-state index in [1.807, 2.05) is 18.2 Å². The Morgan fingerprint density at radius 3 is 2.54 bits per heavy atom. The summed E-state index contributed by atoms with van der Waals surface area (Å²) in [5.41, 5.74) is 1.29. The van der Waals surface area contributed by atoms with Crippen LogP contribution in [0.5, 0.6) is 0 Å². The molecule has 0 amide bonds. The van der Waals surface area contributed by atoms with Gasteiger partial charge in [0.05, 0.1) is 11.3 Å². The number of fused-ring (bicyclic) bond motifs is 1. The number of para-hydroxylation sites is 1. The summed E-state index contributed by atoms with van der Waals surface area (Å²) in [6.45, 7) is 1.58. The predicted molar refractivity (Wildman–Crippen MR) is 107 cm³/mol. The molecule has 0 aliphatic carbocycles. The maximum atomic E-state index is 13.6. The van der Waals surface area contributed by atoms with Crippen molar-refractivity contribution in [3.63, 3.8) is 0 Å². The standard InChI is InChI=1S/C22H13FN2O2S/c1-13-11-14(7-9-17(13)23)21(27)20-16-8-10-19(26)25(15-5-3-2-4-6-15)22(16)28-18(20)12-24/h2-11H,1H3. The van der Waals surface area contributed by atoms with Crippen LogP contribution in [0.25, 0.3) is 15.9 Å². The van der Waals surface area contributed by atoms with Crippen molar-refractivity contribution in [2.45, 2.75) is 6.92 Å². The molecule has 0 radical (unpaired) electrons. The minimum Gasteiger partial charge on any atom is -0.289 e. The van der Waals surface area contributed by atoms with E-state index in [1.54, 1.807) is 25.1 Å². The molecule has 2 aromatic carbocycles. The second-order valence-electron chi connectivity index (χ2n) is 6.27. The van der Waals surface area contributed by atoms with Crippen LogP contribution >= 0.6 is 11.3 Å². The Kier molecular flexibility index (Phi) is 4.38. The second kappa shape index (κ2) is 6.87. The summed E-state index contributed by atoms with van der Waals surface area (Å²) in [5.74, 6) is -0.769. The Bertz CT molecular complexity index is 1330. The fourth-order valence-corrected chi connectivity index (χ4v) is 4.25. The zero-order chi connectivity index (χ0) is 19.8. The Labute approximate surface area is 163 Å². The lowest BCUT2D eigenvalue weighted by atomic mass is 9.99. The van der Waals surface area contributed by atoms with Crippen molar-refractivity contribution in [3.8, 4) is 11.8 Å². The van der Waals surface area contributed by atoms with E-state index in [-0.39, 0.29) is 21.8 Å². The van der Waals surface area contributed by atoms with Gasteiger partial charge in [-0.3, -0.25) is 14.2 Å². The summed E-state index contributed by atoms with van der Waals surface area (Å²) in [4.78, 5) is 26.4. The van der Waals surface area contributed by atoms with Crippen LogP contribution in [0.1, 0.15) is 26.4 Å². The smallest absolute Gasteiger partial charge is 0.256 e. The lowest BCUT2D eigenvalue weighted by Gasteiger charge is -2.07. The van der Waals surface area contributed by atoms with Crippen LogP contribution in [0.2, 0.25) is 0 Å². The quantitative estimate of drug-likeness (QED) is 0.482. The average Bonchev–Trinajstić information content (AvgIpc) is 3.08. The number of aryl methyl sites for hydroxylation is 1. The molecule has 0 fully saturated rings. The molecule has 0 aliphatic heterocycles. The van der Waals surface area contributed by atoms with Crippen LogP contribution in [-0.2, 0) is 0 Å². The van der Waals surface area contributed by atoms with Crippen LogP contribution < -0.4 is 5.56 Å². The number of hydrogen-bond acceptors (Lipinski definition) is 4. The van der Waals surface area contributed by atoms with E-state index in [0.29, 0.717) is 27.0 Å². The summed E-state index contributed by atoms with van der Waals surface area (Å²) in [5, 5.41) is 10.1. The van der Waals surface area contributed by atoms with Crippen molar-refractivity contribution in [3.05, 3.63) is 98.4 Å². The van der Waals surface area contributed by atoms with Crippen LogP contribution in [-0.4, -0.2) is 10.4 Å². The lowest BCUT2D eigenvalue weighted by Crippen LogP contribution is -2.16. The number of rotatable bonds is 3. The molecule has 4 nitrogen and oxygen atoms in total. The number of aromatic nitrogens is 1. The number of thiophene rings is 1. The van der Waals surface area contributed by atoms with Gasteiger partial charge in [-0.1, -0.05) is 18.2 Å². The van der Waals surface area contributed by atoms with Crippen molar-refractivity contribution in [2.24, 2.45) is 0 Å². The summed E-state index contributed by atoms with van der Waals surface area (Å²) >= 11 is 1.10. The van der Waals surface area contributed by atoms with Gasteiger partial charge < -0.3 is 0 Å². The maximum absolute atomic E-state index is 13.6. The molecule has 4 aromatic rings. The molecule has 0 atom stereocenters. The average molecular weight is 388 g/mol. The van der Waals surface area contributed by atoms with Crippen molar-refractivity contribution >= 4 is 27.3 Å². The fourth-order valence-electron chi connectivity index (χ4n) is 3.14. The zero-order valence-electron chi connectivity index (χ0n) is 14.8. The Hall–Kier alpha value is -3.56. The van der Waals surface area contributed by atoms with E-state index in [0.717, 1.165) is 11.3 Å². The van der Waals surface area contributed by atoms with Gasteiger partial charge in [0.2, 0.25) is 0 Å². The Balaban J connectivity index is 2.00. The second-order valence-corrected chi connectivity index (χ2v) is 7.27. The molecule has 0 spiro atoms. The summed E-state index contributed by atoms with van der Waals surface area (Å²) in [7, 11) is 0. The number of carbonyl (C=O) groups excluding carboxylic acids is 1. The van der Waals surface area contributed by atoms with Gasteiger partial charge in [-0.05, 0) is 48.9 Å². The van der Waals surface area contributed by atoms with Gasteiger partial charge in [0.1, 0.15) is 21.6 Å². The minimum atomic E-state index is -0.398. The number of ketones is 1. The minimum absolute atomic E-state index is 0.220. The fraction of sp³-hybridized carbons (Fsp3) is 0.0455. The highest BCUT2D eigenvalue weighted by Gasteiger charge is 2.23. The molecular formula is C22H13FN2O2S. The number of nitriles is 1. The molecule has 28 heavy (non-hydrogen) atoms. The number of benzene rings is 2. The monoisotopic (exact) mass is 388 g/mol. The summed E-state index contributed by atoms with van der Waals surface area (Å²) in [6, 6.07) is 18.2. The van der Waals surface area contributed by atoms with Crippen molar-refractivity contribution < 1.29 is 9.18 Å². The third kappa shape index (κ3) is 2.82. The van der Waals surface area contributed by atoms with E-state index in [4.69, 9.17) is 0 Å². The molecule has 0 saturated heterocycles.